The van der Waals surface area contributed by atoms with Crippen LogP contribution in [0, 0.1) is 5.92 Å². The van der Waals surface area contributed by atoms with Crippen LogP contribution in [0.25, 0.3) is 11.1 Å². The summed E-state index contributed by atoms with van der Waals surface area (Å²) in [4.78, 5) is 32.6. The van der Waals surface area contributed by atoms with Crippen LogP contribution in [0.15, 0.2) is 54.6 Å². The number of hydrogen-bond donors (Lipinski definition) is 1. The fraction of sp³-hybridized carbons (Fsp3) is 0.440. The maximum Gasteiger partial charge on any atom is 0.251 e. The van der Waals surface area contributed by atoms with Crippen molar-refractivity contribution in [1.29, 1.82) is 0 Å². The summed E-state index contributed by atoms with van der Waals surface area (Å²) < 4.78 is 0. The summed E-state index contributed by atoms with van der Waals surface area (Å²) in [5, 5.41) is 4.95. The van der Waals surface area contributed by atoms with Gasteiger partial charge in [-0.05, 0) is 48.4 Å². The van der Waals surface area contributed by atoms with E-state index < -0.39 is 0 Å². The van der Waals surface area contributed by atoms with Gasteiger partial charge in [-0.3, -0.25) is 14.4 Å². The second-order valence-corrected chi connectivity index (χ2v) is 8.37. The maximum atomic E-state index is 12.6. The molecule has 0 aliphatic carbocycles. The van der Waals surface area contributed by atoms with Gasteiger partial charge in [0, 0.05) is 44.7 Å². The first kappa shape index (κ1) is 21.5. The number of amides is 2. The van der Waals surface area contributed by atoms with Gasteiger partial charge in [-0.15, -0.1) is 0 Å². The molecule has 2 aromatic carbocycles. The molecule has 0 bridgehead atoms. The quantitative estimate of drug-likeness (QED) is 0.745. The molecule has 0 saturated carbocycles. The molecule has 31 heavy (non-hydrogen) atoms. The van der Waals surface area contributed by atoms with Crippen molar-refractivity contribution >= 4 is 11.8 Å². The normalized spacial score (nSPS) is 19.4. The number of carbonyl (C=O) groups is 2. The van der Waals surface area contributed by atoms with Gasteiger partial charge < -0.3 is 10.2 Å². The van der Waals surface area contributed by atoms with Crippen molar-refractivity contribution in [3.8, 4) is 11.1 Å². The summed E-state index contributed by atoms with van der Waals surface area (Å²) >= 11 is 0. The second kappa shape index (κ2) is 10.6. The number of hydroxylamine groups is 2. The summed E-state index contributed by atoms with van der Waals surface area (Å²) in [5.74, 6) is 0.422. The molecule has 2 aliphatic rings. The van der Waals surface area contributed by atoms with Gasteiger partial charge in [0.2, 0.25) is 5.91 Å². The average Bonchev–Trinajstić information content (AvgIpc) is 3.35. The molecule has 4 rings (SSSR count). The number of likely N-dealkylation sites (tertiary alicyclic amines) is 1. The Morgan fingerprint density at radius 1 is 0.968 bits per heavy atom. The van der Waals surface area contributed by atoms with Crippen LogP contribution < -0.4 is 5.32 Å². The molecule has 1 atom stereocenters. The van der Waals surface area contributed by atoms with E-state index in [2.05, 4.69) is 17.4 Å². The third-order valence-electron chi connectivity index (χ3n) is 6.08. The molecule has 164 valence electrons. The minimum Gasteiger partial charge on any atom is -0.352 e. The number of benzene rings is 2. The van der Waals surface area contributed by atoms with E-state index in [-0.39, 0.29) is 11.8 Å². The highest BCUT2D eigenvalue weighted by molar-refractivity contribution is 5.94. The van der Waals surface area contributed by atoms with Gasteiger partial charge in [0.25, 0.3) is 5.91 Å². The van der Waals surface area contributed by atoms with E-state index in [1.807, 2.05) is 52.4 Å². The lowest BCUT2D eigenvalue weighted by molar-refractivity contribution is -0.140. The van der Waals surface area contributed by atoms with Crippen molar-refractivity contribution in [2.45, 2.75) is 25.7 Å². The van der Waals surface area contributed by atoms with Crippen LogP contribution in [0.1, 0.15) is 36.0 Å². The standard InChI is InChI=1S/C25H31N3O3/c29-24(13-16-28-15-5-17-31-28)27-14-4-6-20(19-27)18-26-25(30)23-11-9-22(10-12-23)21-7-2-1-3-8-21/h1-3,7-12,20H,4-6,13-19H2,(H,26,30). The van der Waals surface area contributed by atoms with Gasteiger partial charge >= 0.3 is 0 Å². The van der Waals surface area contributed by atoms with Crippen LogP contribution in [-0.4, -0.2) is 61.1 Å². The first-order valence-corrected chi connectivity index (χ1v) is 11.3. The largest absolute Gasteiger partial charge is 0.352 e. The van der Waals surface area contributed by atoms with Gasteiger partial charge in [-0.25, -0.2) is 0 Å². The van der Waals surface area contributed by atoms with Gasteiger partial charge in [-0.2, -0.15) is 5.06 Å². The molecule has 1 N–H and O–H groups in total. The Morgan fingerprint density at radius 2 is 1.74 bits per heavy atom. The number of rotatable bonds is 7. The molecule has 2 heterocycles. The van der Waals surface area contributed by atoms with Crippen LogP contribution in [0.2, 0.25) is 0 Å². The number of carbonyl (C=O) groups excluding carboxylic acids is 2. The molecule has 2 fully saturated rings. The summed E-state index contributed by atoms with van der Waals surface area (Å²) in [6.45, 7) is 4.45. The highest BCUT2D eigenvalue weighted by atomic mass is 16.7. The molecule has 2 amide bonds. The molecule has 0 radical (unpaired) electrons. The molecule has 0 aromatic heterocycles. The van der Waals surface area contributed by atoms with Gasteiger partial charge in [-0.1, -0.05) is 42.5 Å². The van der Waals surface area contributed by atoms with Gasteiger partial charge in [0.1, 0.15) is 0 Å². The average molecular weight is 422 g/mol. The fourth-order valence-electron chi connectivity index (χ4n) is 4.30. The van der Waals surface area contributed by atoms with Crippen molar-refractivity contribution in [2.75, 3.05) is 39.3 Å². The third kappa shape index (κ3) is 5.93. The Bertz CT molecular complexity index is 863. The second-order valence-electron chi connectivity index (χ2n) is 8.37. The number of hydrogen-bond acceptors (Lipinski definition) is 4. The molecular weight excluding hydrogens is 390 g/mol. The molecule has 1 unspecified atom stereocenters. The molecule has 6 nitrogen and oxygen atoms in total. The maximum absolute atomic E-state index is 12.6. The fourth-order valence-corrected chi connectivity index (χ4v) is 4.30. The lowest BCUT2D eigenvalue weighted by Crippen LogP contribution is -2.44. The monoisotopic (exact) mass is 421 g/mol. The molecule has 2 aliphatic heterocycles. The highest BCUT2D eigenvalue weighted by Gasteiger charge is 2.25. The van der Waals surface area contributed by atoms with E-state index in [1.165, 1.54) is 0 Å². The van der Waals surface area contributed by atoms with Crippen molar-refractivity contribution in [2.24, 2.45) is 5.92 Å². The molecule has 0 spiro atoms. The van der Waals surface area contributed by atoms with E-state index in [0.29, 0.717) is 37.5 Å². The minimum atomic E-state index is -0.0609. The van der Waals surface area contributed by atoms with Crippen LogP contribution in [0.3, 0.4) is 0 Å². The van der Waals surface area contributed by atoms with Crippen LogP contribution in [0.5, 0.6) is 0 Å². The Hall–Kier alpha value is -2.70. The minimum absolute atomic E-state index is 0.0609. The first-order valence-electron chi connectivity index (χ1n) is 11.3. The van der Waals surface area contributed by atoms with E-state index >= 15 is 0 Å². The summed E-state index contributed by atoms with van der Waals surface area (Å²) in [7, 11) is 0. The lowest BCUT2D eigenvalue weighted by Gasteiger charge is -2.33. The summed E-state index contributed by atoms with van der Waals surface area (Å²) in [5.41, 5.74) is 2.89. The zero-order chi connectivity index (χ0) is 21.5. The zero-order valence-electron chi connectivity index (χ0n) is 18.0. The van der Waals surface area contributed by atoms with Gasteiger partial charge in [0.05, 0.1) is 6.61 Å². The van der Waals surface area contributed by atoms with Crippen molar-refractivity contribution in [3.63, 3.8) is 0 Å². The van der Waals surface area contributed by atoms with E-state index in [4.69, 9.17) is 4.84 Å². The Kier molecular flexibility index (Phi) is 7.33. The highest BCUT2D eigenvalue weighted by Crippen LogP contribution is 2.20. The lowest BCUT2D eigenvalue weighted by atomic mass is 9.97. The summed E-state index contributed by atoms with van der Waals surface area (Å²) in [6, 6.07) is 17.8. The zero-order valence-corrected chi connectivity index (χ0v) is 18.0. The van der Waals surface area contributed by atoms with Crippen molar-refractivity contribution < 1.29 is 14.4 Å². The third-order valence-corrected chi connectivity index (χ3v) is 6.08. The van der Waals surface area contributed by atoms with Crippen LogP contribution >= 0.6 is 0 Å². The number of nitrogens with one attached hydrogen (secondary N) is 1. The molecular formula is C25H31N3O3. The van der Waals surface area contributed by atoms with E-state index in [0.717, 1.165) is 50.1 Å². The molecule has 6 heteroatoms. The predicted octanol–water partition coefficient (Wildman–Crippen LogP) is 3.35. The topological polar surface area (TPSA) is 61.9 Å². The predicted molar refractivity (Wildman–Crippen MR) is 120 cm³/mol. The Morgan fingerprint density at radius 3 is 2.48 bits per heavy atom. The van der Waals surface area contributed by atoms with Crippen LogP contribution in [0.4, 0.5) is 0 Å². The van der Waals surface area contributed by atoms with Crippen LogP contribution in [-0.2, 0) is 9.63 Å². The number of piperidine rings is 1. The summed E-state index contributed by atoms with van der Waals surface area (Å²) in [6.07, 6.45) is 3.55. The smallest absolute Gasteiger partial charge is 0.251 e. The van der Waals surface area contributed by atoms with Crippen molar-refractivity contribution in [3.05, 3.63) is 60.2 Å². The SMILES string of the molecule is O=C(NCC1CCCN(C(=O)CCN2CCCO2)C1)c1ccc(-c2ccccc2)cc1. The van der Waals surface area contributed by atoms with Crippen molar-refractivity contribution in [1.82, 2.24) is 15.3 Å². The number of nitrogens with zero attached hydrogens (tertiary/aromatic N) is 2. The Labute approximate surface area is 184 Å². The first-order chi connectivity index (χ1) is 15.2. The Balaban J connectivity index is 1.23. The van der Waals surface area contributed by atoms with Gasteiger partial charge in [0.15, 0.2) is 0 Å². The van der Waals surface area contributed by atoms with E-state index in [9.17, 15) is 9.59 Å². The van der Waals surface area contributed by atoms with E-state index in [1.54, 1.807) is 0 Å². The molecule has 2 aromatic rings. The molecule has 2 saturated heterocycles.